The monoisotopic (exact) mass is 143 g/mol. The van der Waals surface area contributed by atoms with Crippen molar-refractivity contribution in [1.29, 1.82) is 0 Å². The van der Waals surface area contributed by atoms with Gasteiger partial charge in [-0.05, 0) is 18.6 Å². The zero-order valence-electron chi connectivity index (χ0n) is 6.67. The molecule has 0 nitrogen and oxygen atoms in total. The van der Waals surface area contributed by atoms with Crippen LogP contribution in [0.1, 0.15) is 18.9 Å². The third-order valence-corrected chi connectivity index (χ3v) is 1.30. The molecule has 0 heterocycles. The van der Waals surface area contributed by atoms with Gasteiger partial charge < -0.3 is 0 Å². The molecule has 0 aliphatic rings. The van der Waals surface area contributed by atoms with E-state index in [0.29, 0.717) is 0 Å². The summed E-state index contributed by atoms with van der Waals surface area (Å²) in [5.41, 5.74) is 1.08. The number of hydrogen-bond acceptors (Lipinski definition) is 0. The summed E-state index contributed by atoms with van der Waals surface area (Å²) in [6.07, 6.45) is 2.98. The molecule has 0 saturated carbocycles. The van der Waals surface area contributed by atoms with Crippen molar-refractivity contribution in [3.05, 3.63) is 42.3 Å². The second kappa shape index (κ2) is 4.57. The highest BCUT2D eigenvalue weighted by molar-refractivity contribution is 5.35. The van der Waals surface area contributed by atoms with Crippen LogP contribution in [0.3, 0.4) is 0 Å². The number of unbranched alkanes of at least 4 members (excludes halogenated alkanes) is 1. The number of hydrogen-bond donors (Lipinski definition) is 0. The highest BCUT2D eigenvalue weighted by atomic mass is 13.8. The van der Waals surface area contributed by atoms with Gasteiger partial charge in [0.25, 0.3) is 0 Å². The minimum absolute atomic E-state index is 1.01. The summed E-state index contributed by atoms with van der Waals surface area (Å²) in [5, 5.41) is 0. The third-order valence-electron chi connectivity index (χ3n) is 1.30. The molecule has 0 fully saturated rings. The Morgan fingerprint density at radius 1 is 1.27 bits per heavy atom. The SMILES string of the molecule is CC[CH]C#Cc1ccccc1. The predicted molar refractivity (Wildman–Crippen MR) is 47.9 cm³/mol. The van der Waals surface area contributed by atoms with E-state index >= 15 is 0 Å². The molecule has 1 radical (unpaired) electrons. The lowest BCUT2D eigenvalue weighted by Gasteiger charge is -1.85. The van der Waals surface area contributed by atoms with Crippen LogP contribution in [0, 0.1) is 18.3 Å². The summed E-state index contributed by atoms with van der Waals surface area (Å²) < 4.78 is 0. The van der Waals surface area contributed by atoms with E-state index in [1.165, 1.54) is 0 Å². The van der Waals surface area contributed by atoms with Crippen LogP contribution in [0.15, 0.2) is 30.3 Å². The first kappa shape index (κ1) is 7.88. The smallest absolute Gasteiger partial charge is 0.0341 e. The van der Waals surface area contributed by atoms with Crippen molar-refractivity contribution in [2.75, 3.05) is 0 Å². The Bertz CT molecular complexity index is 248. The molecule has 11 heavy (non-hydrogen) atoms. The van der Waals surface area contributed by atoms with E-state index < -0.39 is 0 Å². The highest BCUT2D eigenvalue weighted by Gasteiger charge is 1.79. The molecule has 1 aromatic rings. The first-order valence-electron chi connectivity index (χ1n) is 3.81. The van der Waals surface area contributed by atoms with Gasteiger partial charge in [-0.15, -0.1) is 0 Å². The highest BCUT2D eigenvalue weighted by Crippen LogP contribution is 1.94. The lowest BCUT2D eigenvalue weighted by atomic mass is 10.2. The molecule has 0 aliphatic carbocycles. The van der Waals surface area contributed by atoms with Crippen molar-refractivity contribution in [2.45, 2.75) is 13.3 Å². The zero-order chi connectivity index (χ0) is 7.94. The van der Waals surface area contributed by atoms with E-state index in [2.05, 4.69) is 18.8 Å². The molecule has 0 bridgehead atoms. The molecular weight excluding hydrogens is 132 g/mol. The van der Waals surface area contributed by atoms with Gasteiger partial charge in [0.05, 0.1) is 0 Å². The zero-order valence-corrected chi connectivity index (χ0v) is 6.67. The summed E-state index contributed by atoms with van der Waals surface area (Å²) in [7, 11) is 0. The fourth-order valence-corrected chi connectivity index (χ4v) is 0.758. The van der Waals surface area contributed by atoms with E-state index in [-0.39, 0.29) is 0 Å². The van der Waals surface area contributed by atoms with Crippen LogP contribution in [0.4, 0.5) is 0 Å². The average Bonchev–Trinajstić information content (AvgIpc) is 2.07. The van der Waals surface area contributed by atoms with Crippen molar-refractivity contribution in [2.24, 2.45) is 0 Å². The van der Waals surface area contributed by atoms with Crippen LogP contribution >= 0.6 is 0 Å². The Morgan fingerprint density at radius 2 is 2.00 bits per heavy atom. The van der Waals surface area contributed by atoms with Crippen molar-refractivity contribution >= 4 is 0 Å². The molecule has 0 N–H and O–H groups in total. The Morgan fingerprint density at radius 3 is 2.64 bits per heavy atom. The Balaban J connectivity index is 2.59. The second-order valence-corrected chi connectivity index (χ2v) is 2.25. The van der Waals surface area contributed by atoms with Crippen LogP contribution < -0.4 is 0 Å². The van der Waals surface area contributed by atoms with Gasteiger partial charge in [-0.25, -0.2) is 0 Å². The van der Waals surface area contributed by atoms with Crippen molar-refractivity contribution in [1.82, 2.24) is 0 Å². The summed E-state index contributed by atoms with van der Waals surface area (Å²) in [6, 6.07) is 10.0. The number of rotatable bonds is 1. The molecule has 0 amide bonds. The quantitative estimate of drug-likeness (QED) is 0.530. The van der Waals surface area contributed by atoms with Gasteiger partial charge in [-0.2, -0.15) is 0 Å². The van der Waals surface area contributed by atoms with E-state index in [1.54, 1.807) is 0 Å². The minimum Gasteiger partial charge on any atom is -0.0932 e. The minimum atomic E-state index is 1.01. The third kappa shape index (κ3) is 2.91. The van der Waals surface area contributed by atoms with Gasteiger partial charge in [0.1, 0.15) is 0 Å². The van der Waals surface area contributed by atoms with Crippen LogP contribution in [0.5, 0.6) is 0 Å². The van der Waals surface area contributed by atoms with Crippen molar-refractivity contribution in [3.8, 4) is 11.8 Å². The summed E-state index contributed by atoms with van der Waals surface area (Å²) in [4.78, 5) is 0. The Kier molecular flexibility index (Phi) is 3.28. The van der Waals surface area contributed by atoms with E-state index in [9.17, 15) is 0 Å². The molecular formula is C11H11. The predicted octanol–water partition coefficient (Wildman–Crippen LogP) is 2.65. The maximum Gasteiger partial charge on any atom is 0.0341 e. The van der Waals surface area contributed by atoms with Gasteiger partial charge >= 0.3 is 0 Å². The maximum absolute atomic E-state index is 3.04. The molecule has 0 saturated heterocycles. The van der Waals surface area contributed by atoms with Crippen molar-refractivity contribution < 1.29 is 0 Å². The summed E-state index contributed by atoms with van der Waals surface area (Å²) in [6.45, 7) is 2.08. The van der Waals surface area contributed by atoms with E-state index in [1.807, 2.05) is 36.8 Å². The number of benzene rings is 1. The normalized spacial score (nSPS) is 8.45. The average molecular weight is 143 g/mol. The van der Waals surface area contributed by atoms with Gasteiger partial charge in [0, 0.05) is 12.0 Å². The fourth-order valence-electron chi connectivity index (χ4n) is 0.758. The Labute approximate surface area is 68.3 Å². The molecule has 0 aliphatic heterocycles. The Hall–Kier alpha value is -1.22. The maximum atomic E-state index is 3.04. The van der Waals surface area contributed by atoms with Gasteiger partial charge in [0.2, 0.25) is 0 Å². The van der Waals surface area contributed by atoms with Crippen LogP contribution in [0.25, 0.3) is 0 Å². The van der Waals surface area contributed by atoms with Gasteiger partial charge in [0.15, 0.2) is 0 Å². The lowest BCUT2D eigenvalue weighted by Crippen LogP contribution is -1.70. The van der Waals surface area contributed by atoms with Crippen molar-refractivity contribution in [3.63, 3.8) is 0 Å². The molecule has 1 aromatic carbocycles. The largest absolute Gasteiger partial charge is 0.0932 e. The second-order valence-electron chi connectivity index (χ2n) is 2.25. The summed E-state index contributed by atoms with van der Waals surface area (Å²) in [5.74, 6) is 6.02. The van der Waals surface area contributed by atoms with E-state index in [4.69, 9.17) is 0 Å². The fraction of sp³-hybridized carbons (Fsp3) is 0.182. The van der Waals surface area contributed by atoms with Crippen LogP contribution in [-0.4, -0.2) is 0 Å². The van der Waals surface area contributed by atoms with Crippen LogP contribution in [-0.2, 0) is 0 Å². The molecule has 0 atom stereocenters. The van der Waals surface area contributed by atoms with Crippen LogP contribution in [0.2, 0.25) is 0 Å². The first-order valence-corrected chi connectivity index (χ1v) is 3.81. The molecule has 0 heteroatoms. The first-order chi connectivity index (χ1) is 5.43. The molecule has 0 aromatic heterocycles. The standard InChI is InChI=1S/C11H11/c1-2-3-5-8-11-9-6-4-7-10-11/h3-4,6-7,9-10H,2H2,1H3. The molecule has 55 valence electrons. The summed E-state index contributed by atoms with van der Waals surface area (Å²) >= 11 is 0. The molecule has 1 rings (SSSR count). The topological polar surface area (TPSA) is 0 Å². The van der Waals surface area contributed by atoms with Gasteiger partial charge in [-0.1, -0.05) is 37.0 Å². The van der Waals surface area contributed by atoms with Gasteiger partial charge in [-0.3, -0.25) is 0 Å². The molecule has 0 unspecified atom stereocenters. The van der Waals surface area contributed by atoms with E-state index in [0.717, 1.165) is 12.0 Å². The molecule has 0 spiro atoms. The lowest BCUT2D eigenvalue weighted by molar-refractivity contribution is 1.16.